The van der Waals surface area contributed by atoms with Crippen LogP contribution in [0.3, 0.4) is 0 Å². The number of nitrogens with one attached hydrogen (secondary N) is 2. The maximum absolute atomic E-state index is 5.21. The lowest BCUT2D eigenvalue weighted by Gasteiger charge is -2.08. The van der Waals surface area contributed by atoms with Gasteiger partial charge in [0.1, 0.15) is 0 Å². The lowest BCUT2D eigenvalue weighted by Crippen LogP contribution is -2.42. The van der Waals surface area contributed by atoms with Crippen molar-refractivity contribution in [3.8, 4) is 0 Å². The Morgan fingerprint density at radius 1 is 1.67 bits per heavy atom. The zero-order chi connectivity index (χ0) is 9.19. The Morgan fingerprint density at radius 3 is 2.58 bits per heavy atom. The van der Waals surface area contributed by atoms with Crippen LogP contribution in [0.25, 0.3) is 0 Å². The Labute approximate surface area is 73.6 Å². The van der Waals surface area contributed by atoms with E-state index in [0.29, 0.717) is 11.4 Å². The molecule has 0 bridgehead atoms. The predicted molar refractivity (Wildman–Crippen MR) is 50.6 cm³/mol. The molecule has 1 aliphatic carbocycles. The van der Waals surface area contributed by atoms with Gasteiger partial charge in [0.15, 0.2) is 0 Å². The van der Waals surface area contributed by atoms with Crippen LogP contribution < -0.4 is 16.6 Å². The average Bonchev–Trinajstić information content (AvgIpc) is 2.61. The minimum atomic E-state index is 0.514. The van der Waals surface area contributed by atoms with Crippen LogP contribution in [0.5, 0.6) is 0 Å². The molecule has 4 heteroatoms. The summed E-state index contributed by atoms with van der Waals surface area (Å²) in [4.78, 5) is 3.92. The number of nitrogens with two attached hydrogens (primary N) is 1. The van der Waals surface area contributed by atoms with E-state index in [0.717, 1.165) is 12.5 Å². The molecule has 1 rings (SSSR count). The highest BCUT2D eigenvalue weighted by molar-refractivity contribution is 5.78. The van der Waals surface area contributed by atoms with Crippen LogP contribution in [-0.4, -0.2) is 19.6 Å². The molecule has 1 atom stereocenters. The lowest BCUT2D eigenvalue weighted by atomic mass is 10.1. The van der Waals surface area contributed by atoms with Crippen molar-refractivity contribution >= 4 is 5.96 Å². The molecule has 4 N–H and O–H groups in total. The Balaban J connectivity index is 2.19. The minimum Gasteiger partial charge on any atom is -0.355 e. The highest BCUT2D eigenvalue weighted by Crippen LogP contribution is 2.50. The predicted octanol–water partition coefficient (Wildman–Crippen LogP) is 0.0712. The summed E-state index contributed by atoms with van der Waals surface area (Å²) >= 11 is 0. The van der Waals surface area contributed by atoms with E-state index in [9.17, 15) is 0 Å². The van der Waals surface area contributed by atoms with Crippen molar-refractivity contribution in [1.29, 1.82) is 0 Å². The van der Waals surface area contributed by atoms with Gasteiger partial charge in [-0.25, -0.2) is 5.84 Å². The summed E-state index contributed by atoms with van der Waals surface area (Å²) in [6.07, 6.45) is 1.29. The van der Waals surface area contributed by atoms with Gasteiger partial charge >= 0.3 is 0 Å². The fourth-order valence-electron chi connectivity index (χ4n) is 1.34. The van der Waals surface area contributed by atoms with Gasteiger partial charge in [0, 0.05) is 13.6 Å². The highest BCUT2D eigenvalue weighted by Gasteiger charge is 2.45. The third-order valence-electron chi connectivity index (χ3n) is 2.59. The van der Waals surface area contributed by atoms with Gasteiger partial charge in [-0.3, -0.25) is 10.4 Å². The lowest BCUT2D eigenvalue weighted by molar-refractivity contribution is 0.549. The Hall–Kier alpha value is -0.770. The molecule has 0 amide bonds. The van der Waals surface area contributed by atoms with E-state index in [2.05, 4.69) is 29.6 Å². The maximum atomic E-state index is 5.21. The van der Waals surface area contributed by atoms with Crippen molar-refractivity contribution in [3.63, 3.8) is 0 Å². The van der Waals surface area contributed by atoms with Gasteiger partial charge in [-0.1, -0.05) is 13.8 Å². The van der Waals surface area contributed by atoms with Gasteiger partial charge in [0.05, 0.1) is 0 Å². The molecule has 1 aliphatic rings. The molecule has 0 aromatic heterocycles. The molecule has 4 nitrogen and oxygen atoms in total. The molecule has 1 unspecified atom stereocenters. The van der Waals surface area contributed by atoms with Crippen LogP contribution in [-0.2, 0) is 0 Å². The molecule has 0 aromatic carbocycles. The van der Waals surface area contributed by atoms with Gasteiger partial charge in [0.2, 0.25) is 5.96 Å². The first-order valence-corrected chi connectivity index (χ1v) is 4.27. The van der Waals surface area contributed by atoms with E-state index in [1.165, 1.54) is 6.42 Å². The molecular weight excluding hydrogens is 152 g/mol. The van der Waals surface area contributed by atoms with Crippen molar-refractivity contribution in [2.45, 2.75) is 20.3 Å². The fourth-order valence-corrected chi connectivity index (χ4v) is 1.34. The van der Waals surface area contributed by atoms with Gasteiger partial charge in [-0.05, 0) is 17.8 Å². The number of hydrogen-bond acceptors (Lipinski definition) is 2. The molecule has 1 fully saturated rings. The van der Waals surface area contributed by atoms with Crippen molar-refractivity contribution in [2.24, 2.45) is 22.2 Å². The van der Waals surface area contributed by atoms with Crippen LogP contribution in [0.1, 0.15) is 20.3 Å². The molecule has 0 aliphatic heterocycles. The smallest absolute Gasteiger partial charge is 0.205 e. The second-order valence-electron chi connectivity index (χ2n) is 3.99. The van der Waals surface area contributed by atoms with E-state index in [-0.39, 0.29) is 0 Å². The maximum Gasteiger partial charge on any atom is 0.205 e. The first kappa shape index (κ1) is 9.32. The van der Waals surface area contributed by atoms with Crippen LogP contribution in [0, 0.1) is 11.3 Å². The fraction of sp³-hybridized carbons (Fsp3) is 0.875. The summed E-state index contributed by atoms with van der Waals surface area (Å²) in [6.45, 7) is 5.51. The standard InChI is InChI=1S/C8H18N4/c1-8(2)4-6(8)5-11-7(10-3)12-9/h6H,4-5,9H2,1-3H3,(H2,10,11,12). The van der Waals surface area contributed by atoms with Crippen LogP contribution in [0.4, 0.5) is 0 Å². The second-order valence-corrected chi connectivity index (χ2v) is 3.99. The first-order valence-electron chi connectivity index (χ1n) is 4.27. The van der Waals surface area contributed by atoms with Crippen molar-refractivity contribution in [3.05, 3.63) is 0 Å². The summed E-state index contributed by atoms with van der Waals surface area (Å²) in [7, 11) is 1.71. The monoisotopic (exact) mass is 170 g/mol. The number of guanidine groups is 1. The summed E-state index contributed by atoms with van der Waals surface area (Å²) in [6, 6.07) is 0. The van der Waals surface area contributed by atoms with E-state index in [1.807, 2.05) is 0 Å². The quantitative estimate of drug-likeness (QED) is 0.238. The van der Waals surface area contributed by atoms with Crippen molar-refractivity contribution < 1.29 is 0 Å². The van der Waals surface area contributed by atoms with Crippen LogP contribution >= 0.6 is 0 Å². The SMILES string of the molecule is CN=C(NN)NCC1CC1(C)C. The molecule has 0 aromatic rings. The summed E-state index contributed by atoms with van der Waals surface area (Å²) in [5.41, 5.74) is 3.02. The van der Waals surface area contributed by atoms with Crippen LogP contribution in [0.15, 0.2) is 4.99 Å². The molecule has 0 heterocycles. The summed E-state index contributed by atoms with van der Waals surface area (Å²) in [5.74, 6) is 6.65. The van der Waals surface area contributed by atoms with Gasteiger partial charge < -0.3 is 5.32 Å². The van der Waals surface area contributed by atoms with Crippen molar-refractivity contribution in [2.75, 3.05) is 13.6 Å². The van der Waals surface area contributed by atoms with E-state index in [1.54, 1.807) is 7.05 Å². The molecule has 12 heavy (non-hydrogen) atoms. The number of nitrogens with zero attached hydrogens (tertiary/aromatic N) is 1. The number of rotatable bonds is 2. The molecule has 0 radical (unpaired) electrons. The van der Waals surface area contributed by atoms with Gasteiger partial charge in [0.25, 0.3) is 0 Å². The largest absolute Gasteiger partial charge is 0.355 e. The third-order valence-corrected chi connectivity index (χ3v) is 2.59. The Bertz CT molecular complexity index is 185. The summed E-state index contributed by atoms with van der Waals surface area (Å²) < 4.78 is 0. The Kier molecular flexibility index (Phi) is 2.57. The molecular formula is C8H18N4. The average molecular weight is 170 g/mol. The molecule has 70 valence electrons. The van der Waals surface area contributed by atoms with Gasteiger partial charge in [-0.15, -0.1) is 0 Å². The molecule has 0 saturated heterocycles. The topological polar surface area (TPSA) is 62.4 Å². The zero-order valence-electron chi connectivity index (χ0n) is 8.02. The summed E-state index contributed by atoms with van der Waals surface area (Å²) in [5, 5.41) is 3.15. The molecule has 0 spiro atoms. The van der Waals surface area contributed by atoms with Crippen molar-refractivity contribution in [1.82, 2.24) is 10.7 Å². The van der Waals surface area contributed by atoms with E-state index >= 15 is 0 Å². The third kappa shape index (κ3) is 2.11. The zero-order valence-corrected chi connectivity index (χ0v) is 8.02. The number of hydrogen-bond donors (Lipinski definition) is 3. The molecule has 1 saturated carbocycles. The van der Waals surface area contributed by atoms with Crippen LogP contribution in [0.2, 0.25) is 0 Å². The van der Waals surface area contributed by atoms with Gasteiger partial charge in [-0.2, -0.15) is 0 Å². The number of hydrazine groups is 1. The van der Waals surface area contributed by atoms with E-state index < -0.39 is 0 Å². The normalized spacial score (nSPS) is 26.7. The minimum absolute atomic E-state index is 0.514. The Morgan fingerprint density at radius 2 is 2.25 bits per heavy atom. The van der Waals surface area contributed by atoms with E-state index in [4.69, 9.17) is 5.84 Å². The highest BCUT2D eigenvalue weighted by atomic mass is 15.3. The second kappa shape index (κ2) is 3.31. The first-order chi connectivity index (χ1) is 5.60. The number of aliphatic imine (C=N–C) groups is 1.